The quantitative estimate of drug-likeness (QED) is 0.669. The lowest BCUT2D eigenvalue weighted by molar-refractivity contribution is 0.966. The average molecular weight is 330 g/mol. The highest BCUT2D eigenvalue weighted by Gasteiger charge is 2.21. The number of rotatable bonds is 5. The van der Waals surface area contributed by atoms with Crippen LogP contribution in [0, 0.1) is 0 Å². The van der Waals surface area contributed by atoms with E-state index in [1.807, 2.05) is 18.2 Å². The molecule has 0 bridgehead atoms. The first kappa shape index (κ1) is 17.1. The molecule has 0 fully saturated rings. The van der Waals surface area contributed by atoms with Crippen LogP contribution < -0.4 is 9.80 Å². The van der Waals surface area contributed by atoms with Crippen molar-refractivity contribution in [3.63, 3.8) is 0 Å². The van der Waals surface area contributed by atoms with Gasteiger partial charge in [-0.15, -0.1) is 0 Å². The highest BCUT2D eigenvalue weighted by molar-refractivity contribution is 5.88. The molecule has 0 unspecified atom stereocenters. The smallest absolute Gasteiger partial charge is 0.0488 e. The SMILES string of the molecule is C=C(c1ccccc1)N(C)c1ccc2c(c1)C(CC)=CC(=C)N2CC. The third-order valence-corrected chi connectivity index (χ3v) is 4.90. The zero-order chi connectivity index (χ0) is 18.0. The molecular formula is C23H26N2. The van der Waals surface area contributed by atoms with Crippen LogP contribution in [0.1, 0.15) is 31.4 Å². The third kappa shape index (κ3) is 3.12. The fourth-order valence-electron chi connectivity index (χ4n) is 3.38. The Morgan fingerprint density at radius 3 is 2.44 bits per heavy atom. The summed E-state index contributed by atoms with van der Waals surface area (Å²) in [4.78, 5) is 4.42. The average Bonchev–Trinajstić information content (AvgIpc) is 2.66. The molecule has 0 aliphatic carbocycles. The van der Waals surface area contributed by atoms with Crippen molar-refractivity contribution in [3.8, 4) is 0 Å². The molecule has 2 nitrogen and oxygen atoms in total. The van der Waals surface area contributed by atoms with Crippen LogP contribution in [0.15, 0.2) is 73.5 Å². The number of fused-ring (bicyclic) bond motifs is 1. The second kappa shape index (κ2) is 7.02. The maximum absolute atomic E-state index is 4.28. The van der Waals surface area contributed by atoms with Gasteiger partial charge in [0.05, 0.1) is 0 Å². The second-order valence-electron chi connectivity index (χ2n) is 6.33. The van der Waals surface area contributed by atoms with Crippen molar-refractivity contribution >= 4 is 22.6 Å². The van der Waals surface area contributed by atoms with Crippen molar-refractivity contribution in [2.75, 3.05) is 23.4 Å². The van der Waals surface area contributed by atoms with Crippen molar-refractivity contribution in [1.29, 1.82) is 0 Å². The molecule has 0 N–H and O–H groups in total. The Labute approximate surface area is 151 Å². The summed E-state index contributed by atoms with van der Waals surface area (Å²) in [7, 11) is 2.08. The maximum atomic E-state index is 4.28. The summed E-state index contributed by atoms with van der Waals surface area (Å²) in [5, 5.41) is 0. The van der Waals surface area contributed by atoms with Crippen molar-refractivity contribution in [2.45, 2.75) is 20.3 Å². The fraction of sp³-hybridized carbons (Fsp3) is 0.217. The Morgan fingerprint density at radius 1 is 1.08 bits per heavy atom. The van der Waals surface area contributed by atoms with E-state index in [0.29, 0.717) is 0 Å². The lowest BCUT2D eigenvalue weighted by atomic mass is 9.95. The molecular weight excluding hydrogens is 304 g/mol. The topological polar surface area (TPSA) is 6.48 Å². The highest BCUT2D eigenvalue weighted by Crippen LogP contribution is 2.39. The molecule has 0 aromatic heterocycles. The van der Waals surface area contributed by atoms with Gasteiger partial charge in [-0.2, -0.15) is 0 Å². The molecule has 3 rings (SSSR count). The summed E-state index contributed by atoms with van der Waals surface area (Å²) >= 11 is 0. The molecule has 2 aromatic rings. The molecule has 0 amide bonds. The van der Waals surface area contributed by atoms with E-state index in [4.69, 9.17) is 0 Å². The van der Waals surface area contributed by atoms with E-state index in [1.54, 1.807) is 0 Å². The first-order valence-corrected chi connectivity index (χ1v) is 8.86. The van der Waals surface area contributed by atoms with Crippen molar-refractivity contribution in [2.24, 2.45) is 0 Å². The van der Waals surface area contributed by atoms with Gasteiger partial charge in [0, 0.05) is 41.9 Å². The normalized spacial score (nSPS) is 13.3. The first-order valence-electron chi connectivity index (χ1n) is 8.86. The van der Waals surface area contributed by atoms with Crippen LogP contribution in [0.4, 0.5) is 11.4 Å². The molecule has 1 aliphatic rings. The minimum absolute atomic E-state index is 0.922. The monoisotopic (exact) mass is 330 g/mol. The van der Waals surface area contributed by atoms with Crippen LogP contribution >= 0.6 is 0 Å². The van der Waals surface area contributed by atoms with Crippen LogP contribution in [0.2, 0.25) is 0 Å². The van der Waals surface area contributed by atoms with Crippen LogP contribution in [0.3, 0.4) is 0 Å². The van der Waals surface area contributed by atoms with Gasteiger partial charge in [-0.25, -0.2) is 0 Å². The second-order valence-corrected chi connectivity index (χ2v) is 6.33. The van der Waals surface area contributed by atoms with Gasteiger partial charge in [0.15, 0.2) is 0 Å². The van der Waals surface area contributed by atoms with Gasteiger partial charge in [0.2, 0.25) is 0 Å². The van der Waals surface area contributed by atoms with E-state index < -0.39 is 0 Å². The Kier molecular flexibility index (Phi) is 4.80. The van der Waals surface area contributed by atoms with Gasteiger partial charge in [-0.3, -0.25) is 0 Å². The summed E-state index contributed by atoms with van der Waals surface area (Å²) in [5.41, 5.74) is 8.23. The maximum Gasteiger partial charge on any atom is 0.0488 e. The summed E-state index contributed by atoms with van der Waals surface area (Å²) < 4.78 is 0. The molecule has 0 saturated carbocycles. The fourth-order valence-corrected chi connectivity index (χ4v) is 3.38. The predicted octanol–water partition coefficient (Wildman–Crippen LogP) is 5.94. The minimum Gasteiger partial charge on any atom is -0.345 e. The molecule has 2 heteroatoms. The summed E-state index contributed by atoms with van der Waals surface area (Å²) in [6.07, 6.45) is 3.21. The van der Waals surface area contributed by atoms with E-state index in [1.165, 1.54) is 16.8 Å². The standard InChI is InChI=1S/C23H26N2/c1-6-19-15-17(3)25(7-2)23-14-13-21(16-22(19)23)24(5)18(4)20-11-9-8-10-12-20/h8-16H,3-4,6-7H2,1-2,5H3. The minimum atomic E-state index is 0.922. The number of likely N-dealkylation sites (N-methyl/N-ethyl adjacent to an activating group) is 1. The van der Waals surface area contributed by atoms with Crippen LogP contribution in [0.5, 0.6) is 0 Å². The van der Waals surface area contributed by atoms with E-state index in [0.717, 1.165) is 35.6 Å². The van der Waals surface area contributed by atoms with Crippen molar-refractivity contribution in [3.05, 3.63) is 84.6 Å². The van der Waals surface area contributed by atoms with Crippen LogP contribution in [-0.2, 0) is 0 Å². The number of hydrogen-bond acceptors (Lipinski definition) is 2. The predicted molar refractivity (Wildman–Crippen MR) is 111 cm³/mol. The molecule has 0 atom stereocenters. The van der Waals surface area contributed by atoms with Crippen molar-refractivity contribution < 1.29 is 0 Å². The Bertz CT molecular complexity index is 830. The van der Waals surface area contributed by atoms with Gasteiger partial charge in [0.25, 0.3) is 0 Å². The van der Waals surface area contributed by atoms with E-state index >= 15 is 0 Å². The van der Waals surface area contributed by atoms with E-state index in [2.05, 4.69) is 80.3 Å². The van der Waals surface area contributed by atoms with Gasteiger partial charge in [-0.05, 0) is 48.8 Å². The van der Waals surface area contributed by atoms with Gasteiger partial charge >= 0.3 is 0 Å². The summed E-state index contributed by atoms with van der Waals surface area (Å²) in [5.74, 6) is 0. The Hall–Kier alpha value is -2.74. The molecule has 2 aromatic carbocycles. The van der Waals surface area contributed by atoms with E-state index in [9.17, 15) is 0 Å². The lowest BCUT2D eigenvalue weighted by Crippen LogP contribution is -2.24. The molecule has 1 aliphatic heterocycles. The molecule has 0 spiro atoms. The van der Waals surface area contributed by atoms with Gasteiger partial charge in [0.1, 0.15) is 0 Å². The number of anilines is 2. The molecule has 0 saturated heterocycles. The molecule has 1 heterocycles. The highest BCUT2D eigenvalue weighted by atomic mass is 15.1. The lowest BCUT2D eigenvalue weighted by Gasteiger charge is -2.33. The number of allylic oxidation sites excluding steroid dienone is 2. The number of benzene rings is 2. The van der Waals surface area contributed by atoms with Gasteiger partial charge in [-0.1, -0.05) is 50.4 Å². The largest absolute Gasteiger partial charge is 0.345 e. The Morgan fingerprint density at radius 2 is 1.80 bits per heavy atom. The Balaban J connectivity index is 2.00. The zero-order valence-electron chi connectivity index (χ0n) is 15.4. The molecule has 128 valence electrons. The summed E-state index contributed by atoms with van der Waals surface area (Å²) in [6, 6.07) is 17.0. The number of hydrogen-bond donors (Lipinski definition) is 0. The van der Waals surface area contributed by atoms with Crippen molar-refractivity contribution in [1.82, 2.24) is 0 Å². The third-order valence-electron chi connectivity index (χ3n) is 4.90. The van der Waals surface area contributed by atoms with E-state index in [-0.39, 0.29) is 0 Å². The molecule has 0 radical (unpaired) electrons. The van der Waals surface area contributed by atoms with Gasteiger partial charge < -0.3 is 9.80 Å². The summed E-state index contributed by atoms with van der Waals surface area (Å²) in [6.45, 7) is 13.8. The first-order chi connectivity index (χ1) is 12.1. The molecule has 25 heavy (non-hydrogen) atoms. The zero-order valence-corrected chi connectivity index (χ0v) is 15.4. The van der Waals surface area contributed by atoms with Crippen LogP contribution in [-0.4, -0.2) is 13.6 Å². The van der Waals surface area contributed by atoms with Crippen LogP contribution in [0.25, 0.3) is 11.3 Å². The number of nitrogens with zero attached hydrogens (tertiary/aromatic N) is 2.